The van der Waals surface area contributed by atoms with E-state index in [1.807, 2.05) is 31.2 Å². The van der Waals surface area contributed by atoms with Gasteiger partial charge in [-0.3, -0.25) is 4.79 Å². The number of para-hydroxylation sites is 1. The number of carbonyl (C=O) groups is 2. The van der Waals surface area contributed by atoms with Crippen LogP contribution in [0.2, 0.25) is 0 Å². The number of hydrogen-bond donors (Lipinski definition) is 1. The first-order chi connectivity index (χ1) is 14.6. The topological polar surface area (TPSA) is 97.7 Å². The number of esters is 1. The summed E-state index contributed by atoms with van der Waals surface area (Å²) < 4.78 is 16.0. The summed E-state index contributed by atoms with van der Waals surface area (Å²) in [6, 6.07) is 15.7. The van der Waals surface area contributed by atoms with Crippen molar-refractivity contribution in [1.29, 1.82) is 5.26 Å². The van der Waals surface area contributed by atoms with Crippen molar-refractivity contribution >= 4 is 23.6 Å². The molecule has 0 aliphatic heterocycles. The molecule has 0 atom stereocenters. The first kappa shape index (κ1) is 22.2. The van der Waals surface area contributed by atoms with E-state index in [2.05, 4.69) is 11.9 Å². The molecule has 2 aromatic carbocycles. The highest BCUT2D eigenvalue weighted by Crippen LogP contribution is 2.29. The Balaban J connectivity index is 2.11. The molecule has 0 saturated carbocycles. The molecule has 30 heavy (non-hydrogen) atoms. The predicted octanol–water partition coefficient (Wildman–Crippen LogP) is 3.74. The van der Waals surface area contributed by atoms with Crippen molar-refractivity contribution in [2.75, 3.05) is 25.1 Å². The van der Waals surface area contributed by atoms with Crippen LogP contribution in [0.25, 0.3) is 6.08 Å². The lowest BCUT2D eigenvalue weighted by atomic mass is 10.1. The minimum absolute atomic E-state index is 0.0138. The maximum Gasteiger partial charge on any atom is 0.349 e. The van der Waals surface area contributed by atoms with Gasteiger partial charge in [0, 0.05) is 5.69 Å². The third kappa shape index (κ3) is 6.84. The van der Waals surface area contributed by atoms with Crippen LogP contribution in [0, 0.1) is 11.3 Å². The third-order valence-corrected chi connectivity index (χ3v) is 3.67. The lowest BCUT2D eigenvalue weighted by Gasteiger charge is -2.13. The second kappa shape index (κ2) is 11.7. The number of nitrogens with one attached hydrogen (secondary N) is 1. The zero-order valence-electron chi connectivity index (χ0n) is 16.6. The summed E-state index contributed by atoms with van der Waals surface area (Å²) >= 11 is 0. The predicted molar refractivity (Wildman–Crippen MR) is 113 cm³/mol. The monoisotopic (exact) mass is 406 g/mol. The molecule has 0 aliphatic rings. The van der Waals surface area contributed by atoms with Gasteiger partial charge in [-0.05, 0) is 42.8 Å². The van der Waals surface area contributed by atoms with E-state index >= 15 is 0 Å². The standard InChI is InChI=1S/C23H22N2O5/c1-3-12-29-23(27)18(15-24)13-17-10-11-20(21(14-17)28-4-2)30-16-22(26)25-19-8-6-5-7-9-19/h3,5-11,13-14H,1,4,12,16H2,2H3,(H,25,26)/b18-13+. The van der Waals surface area contributed by atoms with Crippen molar-refractivity contribution in [3.8, 4) is 17.6 Å². The SMILES string of the molecule is C=CCOC(=O)/C(C#N)=C/c1ccc(OCC(=O)Nc2ccccc2)c(OCC)c1. The van der Waals surface area contributed by atoms with Gasteiger partial charge in [-0.15, -0.1) is 0 Å². The lowest BCUT2D eigenvalue weighted by Crippen LogP contribution is -2.20. The third-order valence-electron chi connectivity index (χ3n) is 3.67. The first-order valence-electron chi connectivity index (χ1n) is 9.21. The molecule has 1 amide bonds. The zero-order valence-corrected chi connectivity index (χ0v) is 16.6. The van der Waals surface area contributed by atoms with Gasteiger partial charge in [-0.25, -0.2) is 4.79 Å². The molecule has 0 radical (unpaired) electrons. The van der Waals surface area contributed by atoms with Crippen molar-refractivity contribution in [2.45, 2.75) is 6.92 Å². The molecule has 154 valence electrons. The Hall–Kier alpha value is -4.05. The van der Waals surface area contributed by atoms with Crippen molar-refractivity contribution in [3.05, 3.63) is 72.3 Å². The minimum Gasteiger partial charge on any atom is -0.490 e. The van der Waals surface area contributed by atoms with Crippen LogP contribution in [0.15, 0.2) is 66.8 Å². The molecular formula is C23H22N2O5. The van der Waals surface area contributed by atoms with Gasteiger partial charge < -0.3 is 19.5 Å². The van der Waals surface area contributed by atoms with E-state index < -0.39 is 5.97 Å². The van der Waals surface area contributed by atoms with Gasteiger partial charge in [-0.1, -0.05) is 36.9 Å². The van der Waals surface area contributed by atoms with Gasteiger partial charge >= 0.3 is 5.97 Å². The number of anilines is 1. The Bertz CT molecular complexity index is 961. The Morgan fingerprint density at radius 2 is 1.90 bits per heavy atom. The van der Waals surface area contributed by atoms with Gasteiger partial charge in [0.1, 0.15) is 18.2 Å². The molecule has 0 spiro atoms. The molecule has 0 heterocycles. The summed E-state index contributed by atoms with van der Waals surface area (Å²) in [5, 5.41) is 11.9. The van der Waals surface area contributed by atoms with Crippen LogP contribution in [0.3, 0.4) is 0 Å². The fraction of sp³-hybridized carbons (Fsp3) is 0.174. The van der Waals surface area contributed by atoms with Crippen LogP contribution in [0.5, 0.6) is 11.5 Å². The van der Waals surface area contributed by atoms with Gasteiger partial charge in [0.15, 0.2) is 18.1 Å². The number of nitrogens with zero attached hydrogens (tertiary/aromatic N) is 1. The van der Waals surface area contributed by atoms with Gasteiger partial charge in [0.25, 0.3) is 5.91 Å². The van der Waals surface area contributed by atoms with E-state index in [0.29, 0.717) is 29.4 Å². The molecule has 2 rings (SSSR count). The molecule has 0 saturated heterocycles. The summed E-state index contributed by atoms with van der Waals surface area (Å²) in [6.45, 7) is 5.44. The fourth-order valence-electron chi connectivity index (χ4n) is 2.38. The van der Waals surface area contributed by atoms with Crippen LogP contribution in [0.4, 0.5) is 5.69 Å². The Morgan fingerprint density at radius 3 is 2.57 bits per heavy atom. The highest BCUT2D eigenvalue weighted by atomic mass is 16.5. The van der Waals surface area contributed by atoms with Crippen LogP contribution in [-0.2, 0) is 14.3 Å². The van der Waals surface area contributed by atoms with Crippen LogP contribution >= 0.6 is 0 Å². The Kier molecular flexibility index (Phi) is 8.69. The van der Waals surface area contributed by atoms with Crippen molar-refractivity contribution in [1.82, 2.24) is 0 Å². The summed E-state index contributed by atoms with van der Waals surface area (Å²) in [4.78, 5) is 24.0. The number of nitriles is 1. The van der Waals surface area contributed by atoms with Crippen LogP contribution < -0.4 is 14.8 Å². The maximum atomic E-state index is 12.1. The molecule has 0 aromatic heterocycles. The number of rotatable bonds is 10. The quantitative estimate of drug-likeness (QED) is 0.279. The number of amides is 1. The second-order valence-electron chi connectivity index (χ2n) is 5.90. The summed E-state index contributed by atoms with van der Waals surface area (Å²) in [5.74, 6) is -0.307. The Labute approximate surface area is 175 Å². The molecule has 7 heteroatoms. The van der Waals surface area contributed by atoms with E-state index in [-0.39, 0.29) is 24.7 Å². The number of carbonyl (C=O) groups excluding carboxylic acids is 2. The van der Waals surface area contributed by atoms with Crippen LogP contribution in [0.1, 0.15) is 12.5 Å². The first-order valence-corrected chi connectivity index (χ1v) is 9.21. The van der Waals surface area contributed by atoms with E-state index in [1.165, 1.54) is 12.2 Å². The summed E-state index contributed by atoms with van der Waals surface area (Å²) in [5.41, 5.74) is 1.06. The molecular weight excluding hydrogens is 384 g/mol. The van der Waals surface area contributed by atoms with Gasteiger partial charge in [-0.2, -0.15) is 5.26 Å². The van der Waals surface area contributed by atoms with E-state index in [9.17, 15) is 14.9 Å². The number of benzene rings is 2. The molecule has 1 N–H and O–H groups in total. The summed E-state index contributed by atoms with van der Waals surface area (Å²) in [7, 11) is 0. The average molecular weight is 406 g/mol. The fourth-order valence-corrected chi connectivity index (χ4v) is 2.38. The van der Waals surface area contributed by atoms with Crippen molar-refractivity contribution in [3.63, 3.8) is 0 Å². The van der Waals surface area contributed by atoms with Gasteiger partial charge in [0.2, 0.25) is 0 Å². The zero-order chi connectivity index (χ0) is 21.8. The summed E-state index contributed by atoms with van der Waals surface area (Å²) in [6.07, 6.45) is 2.81. The minimum atomic E-state index is -0.742. The lowest BCUT2D eigenvalue weighted by molar-refractivity contribution is -0.137. The molecule has 0 unspecified atom stereocenters. The Morgan fingerprint density at radius 1 is 1.13 bits per heavy atom. The van der Waals surface area contributed by atoms with E-state index in [4.69, 9.17) is 14.2 Å². The highest BCUT2D eigenvalue weighted by Gasteiger charge is 2.13. The van der Waals surface area contributed by atoms with Crippen molar-refractivity contribution in [2.24, 2.45) is 0 Å². The number of ether oxygens (including phenoxy) is 3. The van der Waals surface area contributed by atoms with Gasteiger partial charge in [0.05, 0.1) is 6.61 Å². The van der Waals surface area contributed by atoms with E-state index in [0.717, 1.165) is 0 Å². The smallest absolute Gasteiger partial charge is 0.349 e. The van der Waals surface area contributed by atoms with Crippen molar-refractivity contribution < 1.29 is 23.8 Å². The molecule has 2 aromatic rings. The molecule has 7 nitrogen and oxygen atoms in total. The molecule has 0 aliphatic carbocycles. The number of hydrogen-bond acceptors (Lipinski definition) is 6. The maximum absolute atomic E-state index is 12.1. The molecule has 0 fully saturated rings. The average Bonchev–Trinajstić information content (AvgIpc) is 2.76. The molecule has 0 bridgehead atoms. The second-order valence-corrected chi connectivity index (χ2v) is 5.90. The largest absolute Gasteiger partial charge is 0.490 e. The van der Waals surface area contributed by atoms with E-state index in [1.54, 1.807) is 30.3 Å². The highest BCUT2D eigenvalue weighted by molar-refractivity contribution is 5.98. The van der Waals surface area contributed by atoms with Crippen LogP contribution in [-0.4, -0.2) is 31.7 Å². The normalized spacial score (nSPS) is 10.5.